The molecule has 0 radical (unpaired) electrons. The number of halogens is 3. The van der Waals surface area contributed by atoms with E-state index in [0.29, 0.717) is 25.0 Å². The number of ether oxygens (including phenoxy) is 1. The quantitative estimate of drug-likeness (QED) is 0.515. The maximum absolute atomic E-state index is 13.8. The lowest BCUT2D eigenvalue weighted by Gasteiger charge is -2.53. The fourth-order valence-corrected chi connectivity index (χ4v) is 7.04. The zero-order valence-corrected chi connectivity index (χ0v) is 21.9. The molecule has 2 unspecified atom stereocenters. The van der Waals surface area contributed by atoms with Gasteiger partial charge in [0, 0.05) is 18.0 Å². The molecule has 1 saturated carbocycles. The maximum Gasteiger partial charge on any atom is 0.417 e. The number of hydrogen-bond donors (Lipinski definition) is 2. The maximum atomic E-state index is 13.8. The van der Waals surface area contributed by atoms with Crippen LogP contribution in [0, 0.1) is 5.92 Å². The van der Waals surface area contributed by atoms with Gasteiger partial charge in [-0.1, -0.05) is 43.3 Å². The Morgan fingerprint density at radius 2 is 1.95 bits per heavy atom. The third kappa shape index (κ3) is 5.30. The number of amides is 1. The van der Waals surface area contributed by atoms with Crippen LogP contribution in [0.25, 0.3) is 0 Å². The Labute approximate surface area is 222 Å². The number of nitrogens with zero attached hydrogens (tertiary/aromatic N) is 1. The van der Waals surface area contributed by atoms with E-state index in [1.807, 2.05) is 42.5 Å². The highest BCUT2D eigenvalue weighted by Crippen LogP contribution is 2.57. The van der Waals surface area contributed by atoms with E-state index in [0.717, 1.165) is 49.2 Å². The van der Waals surface area contributed by atoms with Crippen molar-refractivity contribution in [2.75, 3.05) is 19.6 Å². The van der Waals surface area contributed by atoms with Gasteiger partial charge in [0.15, 0.2) is 5.60 Å². The number of alkyl halides is 3. The number of aliphatic hydroxyl groups is 1. The number of fused-ring (bicyclic) bond motifs is 3. The summed E-state index contributed by atoms with van der Waals surface area (Å²) in [5, 5.41) is 13.6. The smallest absolute Gasteiger partial charge is 0.410 e. The second-order valence-corrected chi connectivity index (χ2v) is 11.4. The van der Waals surface area contributed by atoms with Gasteiger partial charge in [-0.05, 0) is 99.2 Å². The number of benzene rings is 2. The Kier molecular flexibility index (Phi) is 7.48. The third-order valence-electron chi connectivity index (χ3n) is 9.10. The summed E-state index contributed by atoms with van der Waals surface area (Å²) in [6.45, 7) is 4.91. The highest BCUT2D eigenvalue weighted by atomic mass is 19.4. The van der Waals surface area contributed by atoms with Crippen molar-refractivity contribution in [2.24, 2.45) is 5.92 Å². The molecule has 0 bridgehead atoms. The minimum Gasteiger partial charge on any atom is -0.410 e. The summed E-state index contributed by atoms with van der Waals surface area (Å²) in [6, 6.07) is 15.5. The molecule has 4 atom stereocenters. The fourth-order valence-electron chi connectivity index (χ4n) is 7.04. The number of carbonyl (C=O) groups is 1. The molecule has 1 saturated heterocycles. The van der Waals surface area contributed by atoms with Gasteiger partial charge < -0.3 is 20.1 Å². The van der Waals surface area contributed by atoms with Gasteiger partial charge in [0.2, 0.25) is 0 Å². The molecule has 3 aliphatic rings. The van der Waals surface area contributed by atoms with E-state index in [1.54, 1.807) is 6.07 Å². The standard InChI is InChI=1S/C30H37F3N2O3/c1-2-35-16-6-9-24(20-35)34-27(36)38-25-12-13-26-22(17-25)10-11-23-19-29(37,30(31,32)33)15-14-28(23,26)18-21-7-4-3-5-8-21/h3-5,7-8,12-13,17,23-24,37H,2,6,9-11,14-16,18-20H2,1H3,(H,34,36)/t23?,24?,28-,29+/m0/s1. The predicted molar refractivity (Wildman–Crippen MR) is 139 cm³/mol. The summed E-state index contributed by atoms with van der Waals surface area (Å²) in [5.41, 5.74) is -0.0756. The molecule has 2 fully saturated rings. The van der Waals surface area contributed by atoms with Crippen molar-refractivity contribution < 1.29 is 27.8 Å². The minimum absolute atomic E-state index is 0.0540. The van der Waals surface area contributed by atoms with Crippen molar-refractivity contribution in [3.63, 3.8) is 0 Å². The number of hydrogen-bond acceptors (Lipinski definition) is 4. The summed E-state index contributed by atoms with van der Waals surface area (Å²) in [6.07, 6.45) is -1.82. The summed E-state index contributed by atoms with van der Waals surface area (Å²) in [4.78, 5) is 15.0. The van der Waals surface area contributed by atoms with E-state index in [-0.39, 0.29) is 31.2 Å². The van der Waals surface area contributed by atoms with E-state index in [2.05, 4.69) is 17.1 Å². The lowest BCUT2D eigenvalue weighted by atomic mass is 9.52. The van der Waals surface area contributed by atoms with Crippen molar-refractivity contribution >= 4 is 6.09 Å². The molecule has 206 valence electrons. The first-order chi connectivity index (χ1) is 18.1. The third-order valence-corrected chi connectivity index (χ3v) is 9.10. The molecule has 1 aliphatic heterocycles. The zero-order chi connectivity index (χ0) is 27.0. The van der Waals surface area contributed by atoms with Crippen LogP contribution in [-0.2, 0) is 18.3 Å². The van der Waals surface area contributed by atoms with E-state index in [4.69, 9.17) is 4.74 Å². The van der Waals surface area contributed by atoms with Crippen LogP contribution >= 0.6 is 0 Å². The highest BCUT2D eigenvalue weighted by molar-refractivity contribution is 5.71. The number of piperidine rings is 1. The molecule has 1 heterocycles. The number of aryl methyl sites for hydroxylation is 1. The Balaban J connectivity index is 1.38. The summed E-state index contributed by atoms with van der Waals surface area (Å²) < 4.78 is 47.1. The monoisotopic (exact) mass is 530 g/mol. The molecular formula is C30H37F3N2O3. The van der Waals surface area contributed by atoms with Crippen LogP contribution in [0.1, 0.15) is 62.1 Å². The van der Waals surface area contributed by atoms with Gasteiger partial charge in [-0.2, -0.15) is 13.2 Å². The molecule has 5 rings (SSSR count). The molecule has 38 heavy (non-hydrogen) atoms. The van der Waals surface area contributed by atoms with Gasteiger partial charge in [-0.3, -0.25) is 0 Å². The number of carbonyl (C=O) groups excluding carboxylic acids is 1. The molecule has 0 aromatic heterocycles. The molecular weight excluding hydrogens is 493 g/mol. The Morgan fingerprint density at radius 3 is 2.68 bits per heavy atom. The second kappa shape index (κ2) is 10.5. The molecule has 2 aromatic carbocycles. The van der Waals surface area contributed by atoms with Crippen LogP contribution in [-0.4, -0.2) is 53.6 Å². The first-order valence-corrected chi connectivity index (χ1v) is 13.8. The fraction of sp³-hybridized carbons (Fsp3) is 0.567. The summed E-state index contributed by atoms with van der Waals surface area (Å²) in [5.74, 6) is 0.138. The highest BCUT2D eigenvalue weighted by Gasteiger charge is 2.61. The summed E-state index contributed by atoms with van der Waals surface area (Å²) >= 11 is 0. The number of rotatable bonds is 5. The first kappa shape index (κ1) is 27.0. The molecule has 2 aliphatic carbocycles. The van der Waals surface area contributed by atoms with E-state index < -0.39 is 23.3 Å². The van der Waals surface area contributed by atoms with Gasteiger partial charge >= 0.3 is 12.3 Å². The minimum atomic E-state index is -4.65. The van der Waals surface area contributed by atoms with Crippen molar-refractivity contribution in [1.82, 2.24) is 10.2 Å². The molecule has 5 nitrogen and oxygen atoms in total. The van der Waals surface area contributed by atoms with Crippen molar-refractivity contribution in [1.29, 1.82) is 0 Å². The normalized spacial score (nSPS) is 29.7. The van der Waals surface area contributed by atoms with Gasteiger partial charge in [0.25, 0.3) is 0 Å². The number of nitrogens with one attached hydrogen (secondary N) is 1. The molecule has 0 spiro atoms. The summed E-state index contributed by atoms with van der Waals surface area (Å²) in [7, 11) is 0. The molecule has 1 amide bonds. The van der Waals surface area contributed by atoms with E-state index >= 15 is 0 Å². The van der Waals surface area contributed by atoms with Gasteiger partial charge in [0.1, 0.15) is 5.75 Å². The lowest BCUT2D eigenvalue weighted by molar-refractivity contribution is -0.279. The van der Waals surface area contributed by atoms with Crippen LogP contribution < -0.4 is 10.1 Å². The second-order valence-electron chi connectivity index (χ2n) is 11.4. The van der Waals surface area contributed by atoms with Gasteiger partial charge in [-0.15, -0.1) is 0 Å². The van der Waals surface area contributed by atoms with Crippen molar-refractivity contribution in [3.8, 4) is 5.75 Å². The lowest BCUT2D eigenvalue weighted by Crippen LogP contribution is -2.56. The van der Waals surface area contributed by atoms with Crippen LogP contribution in [0.4, 0.5) is 18.0 Å². The average Bonchev–Trinajstić information content (AvgIpc) is 2.89. The molecule has 2 aromatic rings. The molecule has 2 N–H and O–H groups in total. The molecule has 8 heteroatoms. The predicted octanol–water partition coefficient (Wildman–Crippen LogP) is 5.78. The first-order valence-electron chi connectivity index (χ1n) is 13.8. The average molecular weight is 531 g/mol. The number of likely N-dealkylation sites (N-methyl/N-ethyl adjacent to an activating group) is 1. The van der Waals surface area contributed by atoms with E-state index in [1.165, 1.54) is 0 Å². The largest absolute Gasteiger partial charge is 0.417 e. The Bertz CT molecular complexity index is 1140. The zero-order valence-electron chi connectivity index (χ0n) is 21.9. The Hall–Kier alpha value is -2.58. The number of likely N-dealkylation sites (tertiary alicyclic amines) is 1. The van der Waals surface area contributed by atoms with Crippen LogP contribution in [0.2, 0.25) is 0 Å². The SMILES string of the molecule is CCN1CCCC(NC(=O)Oc2ccc3c(c2)CCC2C[C@@](O)(C(F)(F)F)CC[C@@]32Cc2ccccc2)C1. The van der Waals surface area contributed by atoms with Crippen molar-refractivity contribution in [3.05, 3.63) is 65.2 Å². The van der Waals surface area contributed by atoms with Crippen molar-refractivity contribution in [2.45, 2.75) is 81.5 Å². The van der Waals surface area contributed by atoms with Crippen LogP contribution in [0.3, 0.4) is 0 Å². The van der Waals surface area contributed by atoms with Gasteiger partial charge in [-0.25, -0.2) is 4.79 Å². The van der Waals surface area contributed by atoms with Crippen LogP contribution in [0.15, 0.2) is 48.5 Å². The van der Waals surface area contributed by atoms with E-state index in [9.17, 15) is 23.1 Å². The van der Waals surface area contributed by atoms with Crippen LogP contribution in [0.5, 0.6) is 5.75 Å². The van der Waals surface area contributed by atoms with Gasteiger partial charge in [0.05, 0.1) is 0 Å². The topological polar surface area (TPSA) is 61.8 Å². The Morgan fingerprint density at radius 1 is 1.16 bits per heavy atom.